The number of nitrogens with one attached hydrogen (secondary N) is 1. The van der Waals surface area contributed by atoms with Crippen molar-refractivity contribution in [3.05, 3.63) is 36.2 Å². The minimum Gasteiger partial charge on any atom is -0.460 e. The van der Waals surface area contributed by atoms with Crippen LogP contribution in [0.2, 0.25) is 0 Å². The molecule has 1 atom stereocenters. The molecule has 0 amide bonds. The van der Waals surface area contributed by atoms with Crippen LogP contribution >= 0.6 is 0 Å². The zero-order chi connectivity index (χ0) is 15.0. The lowest BCUT2D eigenvalue weighted by Gasteiger charge is -2.22. The Balaban J connectivity index is 2.28. The molecule has 20 heavy (non-hydrogen) atoms. The minimum atomic E-state index is -0.718. The number of pyridine rings is 1. The van der Waals surface area contributed by atoms with Crippen LogP contribution in [0.1, 0.15) is 26.3 Å². The third kappa shape index (κ3) is 7.66. The standard InChI is InChI=1S/C15H22N2O3/c1-15(2,3)17-10-13(18)11-20-14(19)7-6-12-5-4-8-16-9-12/h4-9,13,17-18H,10-11H2,1-3H3. The molecule has 2 N–H and O–H groups in total. The molecule has 1 aromatic rings. The van der Waals surface area contributed by atoms with Crippen molar-refractivity contribution in [3.63, 3.8) is 0 Å². The Hall–Kier alpha value is -1.72. The summed E-state index contributed by atoms with van der Waals surface area (Å²) in [6.45, 7) is 6.36. The van der Waals surface area contributed by atoms with Gasteiger partial charge >= 0.3 is 5.97 Å². The second-order valence-electron chi connectivity index (χ2n) is 5.53. The maximum atomic E-state index is 11.5. The van der Waals surface area contributed by atoms with Gasteiger partial charge in [0.2, 0.25) is 0 Å². The highest BCUT2D eigenvalue weighted by molar-refractivity contribution is 5.86. The molecular formula is C15H22N2O3. The van der Waals surface area contributed by atoms with Crippen LogP contribution in [0, 0.1) is 0 Å². The summed E-state index contributed by atoms with van der Waals surface area (Å²) < 4.78 is 4.95. The zero-order valence-electron chi connectivity index (χ0n) is 12.2. The molecule has 110 valence electrons. The van der Waals surface area contributed by atoms with Crippen molar-refractivity contribution in [2.24, 2.45) is 0 Å². The summed E-state index contributed by atoms with van der Waals surface area (Å²) >= 11 is 0. The molecule has 0 radical (unpaired) electrons. The van der Waals surface area contributed by atoms with Crippen LogP contribution in [0.3, 0.4) is 0 Å². The maximum absolute atomic E-state index is 11.5. The number of hydrogen-bond acceptors (Lipinski definition) is 5. The number of carbonyl (C=O) groups excluding carboxylic acids is 1. The number of aliphatic hydroxyl groups is 1. The SMILES string of the molecule is CC(C)(C)NCC(O)COC(=O)C=Cc1cccnc1. The van der Waals surface area contributed by atoms with E-state index in [4.69, 9.17) is 4.74 Å². The van der Waals surface area contributed by atoms with E-state index in [0.29, 0.717) is 6.54 Å². The topological polar surface area (TPSA) is 71.4 Å². The molecule has 0 aliphatic heterocycles. The number of aliphatic hydroxyl groups excluding tert-OH is 1. The lowest BCUT2D eigenvalue weighted by molar-refractivity contribution is -0.140. The second kappa shape index (κ2) is 7.77. The molecule has 0 aromatic carbocycles. The van der Waals surface area contributed by atoms with Gasteiger partial charge in [0.15, 0.2) is 0 Å². The summed E-state index contributed by atoms with van der Waals surface area (Å²) in [5.41, 5.74) is 0.741. The van der Waals surface area contributed by atoms with Crippen molar-refractivity contribution >= 4 is 12.0 Å². The van der Waals surface area contributed by atoms with Gasteiger partial charge < -0.3 is 15.2 Å². The van der Waals surface area contributed by atoms with E-state index in [1.54, 1.807) is 24.5 Å². The molecule has 5 heteroatoms. The Morgan fingerprint density at radius 1 is 1.55 bits per heavy atom. The Labute approximate surface area is 119 Å². The Morgan fingerprint density at radius 2 is 2.30 bits per heavy atom. The highest BCUT2D eigenvalue weighted by Gasteiger charge is 2.13. The summed E-state index contributed by atoms with van der Waals surface area (Å²) in [6.07, 6.45) is 5.53. The van der Waals surface area contributed by atoms with Gasteiger partial charge in [0.25, 0.3) is 0 Å². The van der Waals surface area contributed by atoms with Crippen LogP contribution in [0.5, 0.6) is 0 Å². The average Bonchev–Trinajstić information content (AvgIpc) is 2.41. The number of ether oxygens (including phenoxy) is 1. The predicted octanol–water partition coefficient (Wildman–Crippen LogP) is 1.39. The molecule has 1 heterocycles. The molecule has 0 aliphatic rings. The van der Waals surface area contributed by atoms with E-state index in [1.807, 2.05) is 26.8 Å². The number of nitrogens with zero attached hydrogens (tertiary/aromatic N) is 1. The van der Waals surface area contributed by atoms with E-state index in [1.165, 1.54) is 6.08 Å². The second-order valence-corrected chi connectivity index (χ2v) is 5.53. The number of hydrogen-bond donors (Lipinski definition) is 2. The fraction of sp³-hybridized carbons (Fsp3) is 0.467. The van der Waals surface area contributed by atoms with Crippen LogP contribution in [0.15, 0.2) is 30.6 Å². The zero-order valence-corrected chi connectivity index (χ0v) is 12.2. The van der Waals surface area contributed by atoms with Gasteiger partial charge in [-0.05, 0) is 38.5 Å². The number of carbonyl (C=O) groups is 1. The fourth-order valence-corrected chi connectivity index (χ4v) is 1.35. The summed E-state index contributed by atoms with van der Waals surface area (Å²) in [7, 11) is 0. The first-order valence-corrected chi connectivity index (χ1v) is 6.55. The molecule has 0 fully saturated rings. The molecule has 0 saturated heterocycles. The monoisotopic (exact) mass is 278 g/mol. The first-order valence-electron chi connectivity index (χ1n) is 6.55. The average molecular weight is 278 g/mol. The van der Waals surface area contributed by atoms with Crippen molar-refractivity contribution in [3.8, 4) is 0 Å². The van der Waals surface area contributed by atoms with Crippen LogP contribution < -0.4 is 5.32 Å². The van der Waals surface area contributed by atoms with E-state index in [2.05, 4.69) is 10.3 Å². The predicted molar refractivity (Wildman–Crippen MR) is 78.0 cm³/mol. The molecule has 1 rings (SSSR count). The molecular weight excluding hydrogens is 256 g/mol. The Bertz CT molecular complexity index is 438. The van der Waals surface area contributed by atoms with Gasteiger partial charge in [-0.15, -0.1) is 0 Å². The third-order valence-corrected chi connectivity index (χ3v) is 2.38. The van der Waals surface area contributed by atoms with Crippen molar-refractivity contribution < 1.29 is 14.6 Å². The van der Waals surface area contributed by atoms with Crippen molar-refractivity contribution in [1.29, 1.82) is 0 Å². The number of rotatable bonds is 6. The summed E-state index contributed by atoms with van der Waals surface area (Å²) in [4.78, 5) is 15.4. The van der Waals surface area contributed by atoms with Gasteiger partial charge in [-0.2, -0.15) is 0 Å². The van der Waals surface area contributed by atoms with E-state index < -0.39 is 12.1 Å². The largest absolute Gasteiger partial charge is 0.460 e. The molecule has 0 saturated carbocycles. The normalized spacial score (nSPS) is 13.4. The van der Waals surface area contributed by atoms with E-state index in [9.17, 15) is 9.90 Å². The minimum absolute atomic E-state index is 0.0285. The summed E-state index contributed by atoms with van der Waals surface area (Å²) in [5, 5.41) is 12.8. The summed E-state index contributed by atoms with van der Waals surface area (Å²) in [5.74, 6) is -0.483. The van der Waals surface area contributed by atoms with Crippen LogP contribution in [0.4, 0.5) is 0 Å². The van der Waals surface area contributed by atoms with Gasteiger partial charge in [0, 0.05) is 30.6 Å². The molecule has 0 aliphatic carbocycles. The lowest BCUT2D eigenvalue weighted by atomic mass is 10.1. The lowest BCUT2D eigenvalue weighted by Crippen LogP contribution is -2.42. The third-order valence-electron chi connectivity index (χ3n) is 2.38. The van der Waals surface area contributed by atoms with Crippen molar-refractivity contribution in [2.75, 3.05) is 13.2 Å². The fourth-order valence-electron chi connectivity index (χ4n) is 1.35. The number of β-amino-alcohol motifs (C(OH)–C–C–N with tert-alkyl or cyclic N) is 1. The highest BCUT2D eigenvalue weighted by Crippen LogP contribution is 2.00. The number of aromatic nitrogens is 1. The quantitative estimate of drug-likeness (QED) is 0.608. The van der Waals surface area contributed by atoms with Crippen molar-refractivity contribution in [2.45, 2.75) is 32.4 Å². The molecule has 0 bridgehead atoms. The summed E-state index contributed by atoms with van der Waals surface area (Å²) in [6, 6.07) is 3.62. The molecule has 1 aromatic heterocycles. The van der Waals surface area contributed by atoms with Gasteiger partial charge in [0.1, 0.15) is 12.7 Å². The van der Waals surface area contributed by atoms with E-state index in [0.717, 1.165) is 5.56 Å². The first-order chi connectivity index (χ1) is 9.37. The van der Waals surface area contributed by atoms with E-state index >= 15 is 0 Å². The van der Waals surface area contributed by atoms with Gasteiger partial charge in [0.05, 0.1) is 0 Å². The van der Waals surface area contributed by atoms with Crippen LogP contribution in [-0.4, -0.2) is 40.9 Å². The Kier molecular flexibility index (Phi) is 6.35. The van der Waals surface area contributed by atoms with Gasteiger partial charge in [-0.25, -0.2) is 4.79 Å². The van der Waals surface area contributed by atoms with Crippen LogP contribution in [-0.2, 0) is 9.53 Å². The molecule has 5 nitrogen and oxygen atoms in total. The number of esters is 1. The maximum Gasteiger partial charge on any atom is 0.330 e. The highest BCUT2D eigenvalue weighted by atomic mass is 16.5. The van der Waals surface area contributed by atoms with E-state index in [-0.39, 0.29) is 12.1 Å². The van der Waals surface area contributed by atoms with Gasteiger partial charge in [-0.3, -0.25) is 4.98 Å². The smallest absolute Gasteiger partial charge is 0.330 e. The van der Waals surface area contributed by atoms with Crippen LogP contribution in [0.25, 0.3) is 6.08 Å². The molecule has 1 unspecified atom stereocenters. The van der Waals surface area contributed by atoms with Crippen molar-refractivity contribution in [1.82, 2.24) is 10.3 Å². The Morgan fingerprint density at radius 3 is 2.90 bits per heavy atom. The first kappa shape index (κ1) is 16.3. The molecule has 0 spiro atoms. The van der Waals surface area contributed by atoms with Gasteiger partial charge in [-0.1, -0.05) is 6.07 Å².